The van der Waals surface area contributed by atoms with Crippen LogP contribution in [0.2, 0.25) is 0 Å². The summed E-state index contributed by atoms with van der Waals surface area (Å²) in [6, 6.07) is 13.2. The predicted octanol–water partition coefficient (Wildman–Crippen LogP) is 2.24. The van der Waals surface area contributed by atoms with Crippen molar-refractivity contribution in [3.05, 3.63) is 65.2 Å². The summed E-state index contributed by atoms with van der Waals surface area (Å²) in [5.41, 5.74) is 1.77. The highest BCUT2D eigenvalue weighted by atomic mass is 32.2. The van der Waals surface area contributed by atoms with Crippen LogP contribution in [0.5, 0.6) is 0 Å². The van der Waals surface area contributed by atoms with Gasteiger partial charge >= 0.3 is 0 Å². The Morgan fingerprint density at radius 3 is 2.35 bits per heavy atom. The van der Waals surface area contributed by atoms with Crippen molar-refractivity contribution in [2.24, 2.45) is 0 Å². The molecule has 8 nitrogen and oxygen atoms in total. The molecule has 0 spiro atoms. The number of nitrogens with one attached hydrogen (secondary N) is 2. The average Bonchev–Trinajstić information content (AvgIpc) is 2.78. The van der Waals surface area contributed by atoms with Gasteiger partial charge in [-0.05, 0) is 36.2 Å². The van der Waals surface area contributed by atoms with Crippen molar-refractivity contribution < 1.29 is 22.7 Å². The van der Waals surface area contributed by atoms with E-state index in [-0.39, 0.29) is 17.6 Å². The Morgan fingerprint density at radius 1 is 1.00 bits per heavy atom. The van der Waals surface area contributed by atoms with Gasteiger partial charge in [0.05, 0.1) is 30.2 Å². The largest absolute Gasteiger partial charge is 0.379 e. The van der Waals surface area contributed by atoms with Crippen LogP contribution in [-0.2, 0) is 20.5 Å². The Labute approximate surface area is 182 Å². The number of anilines is 1. The first-order valence-electron chi connectivity index (χ1n) is 10.2. The number of amides is 2. The topological polar surface area (TPSA) is 105 Å². The fraction of sp³-hybridized carbons (Fsp3) is 0.364. The Bertz CT molecular complexity index is 1020. The van der Waals surface area contributed by atoms with Crippen LogP contribution in [0.1, 0.15) is 39.6 Å². The molecule has 1 heterocycles. The van der Waals surface area contributed by atoms with E-state index in [9.17, 15) is 18.0 Å². The first-order valence-corrected chi connectivity index (χ1v) is 11.8. The molecule has 0 radical (unpaired) electrons. The lowest BCUT2D eigenvalue weighted by molar-refractivity contribution is 0.0729. The maximum absolute atomic E-state index is 12.7. The fourth-order valence-electron chi connectivity index (χ4n) is 3.20. The van der Waals surface area contributed by atoms with E-state index in [0.717, 1.165) is 6.42 Å². The van der Waals surface area contributed by atoms with Gasteiger partial charge in [0, 0.05) is 25.2 Å². The number of para-hydroxylation sites is 1. The van der Waals surface area contributed by atoms with Crippen LogP contribution in [0.15, 0.2) is 48.5 Å². The monoisotopic (exact) mass is 445 g/mol. The van der Waals surface area contributed by atoms with Crippen molar-refractivity contribution in [2.75, 3.05) is 38.2 Å². The maximum atomic E-state index is 12.7. The van der Waals surface area contributed by atoms with E-state index in [2.05, 4.69) is 10.6 Å². The summed E-state index contributed by atoms with van der Waals surface area (Å²) in [6.45, 7) is 4.02. The number of carbonyl (C=O) groups excluding carboxylic acids is 2. The smallest absolute Gasteiger partial charge is 0.255 e. The number of sulfonamides is 1. The van der Waals surface area contributed by atoms with Gasteiger partial charge < -0.3 is 15.4 Å². The Morgan fingerprint density at radius 2 is 1.68 bits per heavy atom. The normalized spacial score (nSPS) is 14.7. The third-order valence-electron chi connectivity index (χ3n) is 4.88. The van der Waals surface area contributed by atoms with Crippen molar-refractivity contribution in [3.63, 3.8) is 0 Å². The Balaban J connectivity index is 1.67. The van der Waals surface area contributed by atoms with Gasteiger partial charge in [0.15, 0.2) is 0 Å². The molecule has 2 amide bonds. The summed E-state index contributed by atoms with van der Waals surface area (Å²) in [6.07, 6.45) is 0.813. The number of hydrogen-bond acceptors (Lipinski definition) is 5. The van der Waals surface area contributed by atoms with Crippen molar-refractivity contribution in [2.45, 2.75) is 19.1 Å². The highest BCUT2D eigenvalue weighted by molar-refractivity contribution is 7.88. The van der Waals surface area contributed by atoms with E-state index in [1.165, 1.54) is 4.31 Å². The van der Waals surface area contributed by atoms with Gasteiger partial charge in [-0.25, -0.2) is 8.42 Å². The minimum atomic E-state index is -3.43. The van der Waals surface area contributed by atoms with Crippen LogP contribution in [0.3, 0.4) is 0 Å². The molecule has 31 heavy (non-hydrogen) atoms. The molecule has 0 bridgehead atoms. The van der Waals surface area contributed by atoms with E-state index >= 15 is 0 Å². The van der Waals surface area contributed by atoms with Crippen molar-refractivity contribution >= 4 is 27.5 Å². The van der Waals surface area contributed by atoms with Gasteiger partial charge in [-0.1, -0.05) is 31.2 Å². The van der Waals surface area contributed by atoms with Crippen molar-refractivity contribution in [1.29, 1.82) is 0 Å². The lowest BCUT2D eigenvalue weighted by Gasteiger charge is -2.26. The minimum Gasteiger partial charge on any atom is -0.379 e. The van der Waals surface area contributed by atoms with Gasteiger partial charge in [0.2, 0.25) is 10.0 Å². The van der Waals surface area contributed by atoms with E-state index in [1.54, 1.807) is 48.5 Å². The van der Waals surface area contributed by atoms with Gasteiger partial charge in [-0.2, -0.15) is 4.31 Å². The maximum Gasteiger partial charge on any atom is 0.255 e. The SMILES string of the molecule is CCCNC(=O)c1ccccc1NC(=O)c1ccc(CS(=O)(=O)N2CCOCC2)cc1. The molecule has 2 aromatic carbocycles. The lowest BCUT2D eigenvalue weighted by Crippen LogP contribution is -2.41. The number of rotatable bonds is 8. The van der Waals surface area contributed by atoms with Gasteiger partial charge in [-0.3, -0.25) is 9.59 Å². The lowest BCUT2D eigenvalue weighted by atomic mass is 10.1. The number of hydrogen-bond donors (Lipinski definition) is 2. The first kappa shape index (κ1) is 22.9. The first-order chi connectivity index (χ1) is 14.9. The van der Waals surface area contributed by atoms with Crippen molar-refractivity contribution in [3.8, 4) is 0 Å². The number of carbonyl (C=O) groups is 2. The number of benzene rings is 2. The van der Waals surface area contributed by atoms with Crippen LogP contribution in [0.25, 0.3) is 0 Å². The molecule has 9 heteroatoms. The highest BCUT2D eigenvalue weighted by Gasteiger charge is 2.24. The van der Waals surface area contributed by atoms with Crippen LogP contribution in [0.4, 0.5) is 5.69 Å². The van der Waals surface area contributed by atoms with Crippen LogP contribution >= 0.6 is 0 Å². The molecule has 1 saturated heterocycles. The van der Waals surface area contributed by atoms with E-state index in [0.29, 0.717) is 55.2 Å². The zero-order valence-corrected chi connectivity index (χ0v) is 18.3. The molecule has 1 aliphatic rings. The average molecular weight is 446 g/mol. The molecule has 2 aromatic rings. The molecule has 0 aliphatic carbocycles. The molecule has 1 fully saturated rings. The molecule has 0 saturated carbocycles. The van der Waals surface area contributed by atoms with Crippen molar-refractivity contribution in [1.82, 2.24) is 9.62 Å². The molecule has 0 aromatic heterocycles. The third kappa shape index (κ3) is 6.13. The summed E-state index contributed by atoms with van der Waals surface area (Å²) in [7, 11) is -3.43. The van der Waals surface area contributed by atoms with Crippen LogP contribution in [-0.4, -0.2) is 57.4 Å². The molecule has 0 atom stereocenters. The number of ether oxygens (including phenoxy) is 1. The molecule has 2 N–H and O–H groups in total. The quantitative estimate of drug-likeness (QED) is 0.648. The van der Waals surface area contributed by atoms with Gasteiger partial charge in [0.1, 0.15) is 0 Å². The molecule has 166 valence electrons. The fourth-order valence-corrected chi connectivity index (χ4v) is 4.70. The van der Waals surface area contributed by atoms with Crippen LogP contribution in [0, 0.1) is 0 Å². The van der Waals surface area contributed by atoms with Crippen LogP contribution < -0.4 is 10.6 Å². The standard InChI is InChI=1S/C22H27N3O5S/c1-2-11-23-22(27)19-5-3-4-6-20(19)24-21(26)18-9-7-17(8-10-18)16-31(28,29)25-12-14-30-15-13-25/h3-10H,2,11-16H2,1H3,(H,23,27)(H,24,26). The second kappa shape index (κ2) is 10.5. The Kier molecular flexibility index (Phi) is 7.78. The molecule has 0 unspecified atom stereocenters. The van der Waals surface area contributed by atoms with Gasteiger partial charge in [0.25, 0.3) is 11.8 Å². The second-order valence-corrected chi connectivity index (χ2v) is 9.19. The minimum absolute atomic E-state index is 0.130. The summed E-state index contributed by atoms with van der Waals surface area (Å²) in [4.78, 5) is 25.0. The van der Waals surface area contributed by atoms with E-state index in [4.69, 9.17) is 4.74 Å². The molecular formula is C22H27N3O5S. The zero-order valence-electron chi connectivity index (χ0n) is 17.5. The summed E-state index contributed by atoms with van der Waals surface area (Å²) in [5.74, 6) is -0.755. The molecular weight excluding hydrogens is 418 g/mol. The van der Waals surface area contributed by atoms with E-state index in [1.807, 2.05) is 6.92 Å². The zero-order chi connectivity index (χ0) is 22.3. The summed E-state index contributed by atoms with van der Waals surface area (Å²) < 4.78 is 31.7. The molecule has 1 aliphatic heterocycles. The van der Waals surface area contributed by atoms with Gasteiger partial charge in [-0.15, -0.1) is 0 Å². The third-order valence-corrected chi connectivity index (χ3v) is 6.73. The number of nitrogens with zero attached hydrogens (tertiary/aromatic N) is 1. The number of morpholine rings is 1. The second-order valence-electron chi connectivity index (χ2n) is 7.22. The van der Waals surface area contributed by atoms with E-state index < -0.39 is 10.0 Å². The Hall–Kier alpha value is -2.75. The predicted molar refractivity (Wildman–Crippen MR) is 118 cm³/mol. The highest BCUT2D eigenvalue weighted by Crippen LogP contribution is 2.18. The summed E-state index contributed by atoms with van der Waals surface area (Å²) >= 11 is 0. The summed E-state index contributed by atoms with van der Waals surface area (Å²) in [5, 5.41) is 5.56. The molecule has 3 rings (SSSR count).